The summed E-state index contributed by atoms with van der Waals surface area (Å²) in [6.07, 6.45) is -4.95. The zero-order chi connectivity index (χ0) is 53.8. The van der Waals surface area contributed by atoms with E-state index in [1.54, 1.807) is 41.5 Å². The quantitative estimate of drug-likeness (QED) is 0.177. The summed E-state index contributed by atoms with van der Waals surface area (Å²) < 4.78 is 49.1. The highest BCUT2D eigenvalue weighted by molar-refractivity contribution is 5.74. The van der Waals surface area contributed by atoms with E-state index in [1.807, 2.05) is 65.6 Å². The van der Waals surface area contributed by atoms with E-state index in [0.29, 0.717) is 24.8 Å². The third-order valence-corrected chi connectivity index (χ3v) is 18.2. The predicted molar refractivity (Wildman–Crippen MR) is 262 cm³/mol. The number of esters is 2. The number of aliphatic hydroxyl groups excluding tert-OH is 3. The number of hydrogen-bond acceptors (Lipinski definition) is 19. The van der Waals surface area contributed by atoms with Crippen molar-refractivity contribution in [1.29, 1.82) is 0 Å². The summed E-state index contributed by atoms with van der Waals surface area (Å²) in [5.74, 6) is -2.72. The molecule has 2 bridgehead atoms. The maximum absolute atomic E-state index is 14.2. The van der Waals surface area contributed by atoms with Gasteiger partial charge in [-0.05, 0) is 127 Å². The highest BCUT2D eigenvalue weighted by Gasteiger charge is 2.70. The topological polar surface area (TPSA) is 234 Å². The molecule has 8 rings (SSSR count). The predicted octanol–water partition coefficient (Wildman–Crippen LogP) is 4.30. The second kappa shape index (κ2) is 22.7. The molecule has 418 valence electrons. The van der Waals surface area contributed by atoms with Gasteiger partial charge in [0, 0.05) is 56.3 Å². The zero-order valence-electron chi connectivity index (χ0n) is 46.4. The molecular formula is C53H94N2O17. The lowest BCUT2D eigenvalue weighted by Gasteiger charge is -2.57. The third kappa shape index (κ3) is 11.8. The Morgan fingerprint density at radius 2 is 1.46 bits per heavy atom. The Kier molecular flexibility index (Phi) is 18.8. The minimum absolute atomic E-state index is 0.123. The maximum Gasteiger partial charge on any atom is 0.311 e. The van der Waals surface area contributed by atoms with Crippen molar-refractivity contribution in [2.24, 2.45) is 41.4 Å². The fourth-order valence-corrected chi connectivity index (χ4v) is 13.5. The molecule has 0 aromatic carbocycles. The fraction of sp³-hybridized carbons (Fsp3) is 0.962. The first-order valence-corrected chi connectivity index (χ1v) is 26.9. The van der Waals surface area contributed by atoms with Gasteiger partial charge in [0.1, 0.15) is 30.0 Å². The monoisotopic (exact) mass is 1030 g/mol. The number of ether oxygens (including phenoxy) is 8. The number of fused-ring (bicyclic) bond motifs is 2. The lowest BCUT2D eigenvalue weighted by Crippen LogP contribution is -2.69. The van der Waals surface area contributed by atoms with Gasteiger partial charge in [0.25, 0.3) is 0 Å². The van der Waals surface area contributed by atoms with Crippen LogP contribution in [0.2, 0.25) is 0 Å². The van der Waals surface area contributed by atoms with Crippen molar-refractivity contribution >= 4 is 11.9 Å². The van der Waals surface area contributed by atoms with Crippen molar-refractivity contribution < 1.29 is 82.8 Å². The third-order valence-electron chi connectivity index (χ3n) is 18.2. The Hall–Kier alpha value is -1.66. The van der Waals surface area contributed by atoms with Crippen molar-refractivity contribution in [2.45, 2.75) is 249 Å². The Morgan fingerprint density at radius 3 is 2.08 bits per heavy atom. The highest BCUT2D eigenvalue weighted by atomic mass is 17.3. The van der Waals surface area contributed by atoms with Gasteiger partial charge in [-0.2, -0.15) is 0 Å². The van der Waals surface area contributed by atoms with Crippen LogP contribution in [0.15, 0.2) is 0 Å². The lowest BCUT2D eigenvalue weighted by atomic mass is 9.58. The van der Waals surface area contributed by atoms with Gasteiger partial charge in [0.15, 0.2) is 18.2 Å². The number of aliphatic hydroxyl groups is 5. The zero-order valence-corrected chi connectivity index (χ0v) is 46.4. The number of hydrogen-bond donors (Lipinski definition) is 5. The molecule has 0 amide bonds. The van der Waals surface area contributed by atoms with E-state index < -0.39 is 114 Å². The minimum Gasteiger partial charge on any atom is -0.459 e. The number of likely N-dealkylation sites (N-methyl/N-ethyl adjacent to an activating group) is 2. The molecule has 7 aliphatic heterocycles. The average molecular weight is 1030 g/mol. The standard InChI is InChI=1S/C38H72N2O12.C15H22O5/c1-15-27-38(10,46)31(42)24(6)40(13)19-20(2)17-36(8,45)33(52-35-29(41)26(39(11)12)16-21(3)48-35)22(4)30(23(5)34(44)50-27)51-28-18-37(9,47-14)32(43)25(7)49-28;1-8-4-5-11-9(2)12(16)17-13-15(11)10(8)6-7-14(3,18-13)19-20-15/h20-33,35,41-43,45-46H,15-19H2,1-14H3;8-11,13H,4-7H2,1-3H3/t20-,21?,22+,23-,24-,25?,26?,27-,28?,29?,30+,31-,32?,33-,35?,36-,37?,38-;8-,9-,10+,11+,13-,14?,15-/m11/s1. The molecule has 1 spiro atoms. The van der Waals surface area contributed by atoms with Crippen LogP contribution in [0, 0.1) is 41.4 Å². The maximum atomic E-state index is 14.2. The van der Waals surface area contributed by atoms with E-state index in [0.717, 1.165) is 25.7 Å². The number of methoxy groups -OCH3 is 1. The molecule has 72 heavy (non-hydrogen) atoms. The molecule has 1 saturated carbocycles. The highest BCUT2D eigenvalue weighted by Crippen LogP contribution is 2.60. The van der Waals surface area contributed by atoms with Crippen LogP contribution >= 0.6 is 0 Å². The summed E-state index contributed by atoms with van der Waals surface area (Å²) >= 11 is 0. The SMILES string of the molecule is CC[C@H]1OC(=O)[C@H](C)[C@@H](OC2CC(C)(OC)C(O)C(C)O2)[C@H](C)[C@@H](OC2OC(C)CC(N(C)C)C2O)[C@](C)(O)C[C@@H](C)CN(C)[C@H](C)[C@@H](O)[C@]1(C)O.C[C@@H]1CC[C@H]2[C@@H](C)C(=O)O[C@@H]3OC4(C)CC[C@@H]1[C@]32OO4. The second-order valence-corrected chi connectivity index (χ2v) is 24.3. The van der Waals surface area contributed by atoms with E-state index in [-0.39, 0.29) is 55.1 Å². The van der Waals surface area contributed by atoms with Gasteiger partial charge < -0.3 is 73.2 Å². The summed E-state index contributed by atoms with van der Waals surface area (Å²) in [6, 6.07) is -0.808. The van der Waals surface area contributed by atoms with Crippen LogP contribution < -0.4 is 0 Å². The molecular weight excluding hydrogens is 937 g/mol. The Labute approximate surface area is 429 Å². The van der Waals surface area contributed by atoms with Gasteiger partial charge in [0.05, 0.1) is 47.5 Å². The average Bonchev–Trinajstić information content (AvgIpc) is 3.54. The molecule has 1 aliphatic carbocycles. The number of cyclic esters (lactones) is 1. The summed E-state index contributed by atoms with van der Waals surface area (Å²) in [5.41, 5.74) is -4.98. The minimum atomic E-state index is -1.80. The van der Waals surface area contributed by atoms with Gasteiger partial charge in [-0.1, -0.05) is 34.6 Å². The summed E-state index contributed by atoms with van der Waals surface area (Å²) in [7, 11) is 7.12. The molecule has 0 aromatic heterocycles. The van der Waals surface area contributed by atoms with E-state index >= 15 is 0 Å². The normalized spacial score (nSPS) is 51.9. The van der Waals surface area contributed by atoms with Crippen LogP contribution in [0.4, 0.5) is 0 Å². The number of nitrogens with zero attached hydrogens (tertiary/aromatic N) is 2. The molecule has 25 atom stereocenters. The summed E-state index contributed by atoms with van der Waals surface area (Å²) in [4.78, 5) is 41.7. The van der Waals surface area contributed by atoms with Crippen LogP contribution in [-0.4, -0.2) is 190 Å². The molecule has 0 aromatic rings. The molecule has 8 aliphatic rings. The molecule has 19 heteroatoms. The van der Waals surface area contributed by atoms with E-state index in [9.17, 15) is 35.1 Å². The number of carbonyl (C=O) groups excluding carboxylic acids is 2. The Bertz CT molecular complexity index is 1830. The van der Waals surface area contributed by atoms with Crippen LogP contribution in [-0.2, 0) is 57.3 Å². The lowest BCUT2D eigenvalue weighted by molar-refractivity contribution is -0.559. The molecule has 7 heterocycles. The van der Waals surface area contributed by atoms with E-state index in [2.05, 4.69) is 6.92 Å². The smallest absolute Gasteiger partial charge is 0.311 e. The summed E-state index contributed by atoms with van der Waals surface area (Å²) in [5, 5.41) is 58.1. The Balaban J connectivity index is 0.000000346. The Morgan fingerprint density at radius 1 is 0.806 bits per heavy atom. The van der Waals surface area contributed by atoms with Crippen LogP contribution in [0.5, 0.6) is 0 Å². The molecule has 8 fully saturated rings. The van der Waals surface area contributed by atoms with Crippen LogP contribution in [0.3, 0.4) is 0 Å². The molecule has 0 radical (unpaired) electrons. The van der Waals surface area contributed by atoms with Crippen molar-refractivity contribution in [3.05, 3.63) is 0 Å². The van der Waals surface area contributed by atoms with Crippen molar-refractivity contribution in [2.75, 3.05) is 34.8 Å². The van der Waals surface area contributed by atoms with Crippen LogP contribution in [0.1, 0.15) is 141 Å². The molecule has 9 unspecified atom stereocenters. The molecule has 7 saturated heterocycles. The largest absolute Gasteiger partial charge is 0.459 e. The number of rotatable bonds is 7. The number of carbonyl (C=O) groups is 2. The van der Waals surface area contributed by atoms with Gasteiger partial charge >= 0.3 is 11.9 Å². The van der Waals surface area contributed by atoms with Crippen molar-refractivity contribution in [3.63, 3.8) is 0 Å². The van der Waals surface area contributed by atoms with Gasteiger partial charge in [-0.25, -0.2) is 9.78 Å². The second-order valence-electron chi connectivity index (χ2n) is 24.3. The first-order chi connectivity index (χ1) is 33.4. The van der Waals surface area contributed by atoms with Crippen molar-refractivity contribution in [1.82, 2.24) is 9.80 Å². The van der Waals surface area contributed by atoms with E-state index in [1.165, 1.54) is 14.0 Å². The van der Waals surface area contributed by atoms with Crippen LogP contribution in [0.25, 0.3) is 0 Å². The van der Waals surface area contributed by atoms with E-state index in [4.69, 9.17) is 47.7 Å². The first-order valence-electron chi connectivity index (χ1n) is 26.9. The fourth-order valence-electron chi connectivity index (χ4n) is 13.5. The van der Waals surface area contributed by atoms with Crippen molar-refractivity contribution in [3.8, 4) is 0 Å². The van der Waals surface area contributed by atoms with Gasteiger partial charge in [-0.3, -0.25) is 9.59 Å². The van der Waals surface area contributed by atoms with Gasteiger partial charge in [0.2, 0.25) is 12.1 Å². The van der Waals surface area contributed by atoms with Gasteiger partial charge in [-0.15, -0.1) is 0 Å². The first kappa shape index (κ1) is 59.6. The molecule has 19 nitrogen and oxygen atoms in total. The molecule has 5 N–H and O–H groups in total. The summed E-state index contributed by atoms with van der Waals surface area (Å²) in [6.45, 7) is 24.1.